The molecule has 3 rings (SSSR count). The zero-order chi connectivity index (χ0) is 19.1. The number of guanidine groups is 1. The first kappa shape index (κ1) is 22.7. The molecule has 2 aromatic rings. The summed E-state index contributed by atoms with van der Waals surface area (Å²) in [6.45, 7) is 9.50. The molecule has 0 aliphatic carbocycles. The second-order valence-electron chi connectivity index (χ2n) is 6.40. The number of methoxy groups -OCH3 is 1. The fourth-order valence-corrected chi connectivity index (χ4v) is 3.95. The first-order chi connectivity index (χ1) is 13.2. The minimum Gasteiger partial charge on any atom is -0.495 e. The summed E-state index contributed by atoms with van der Waals surface area (Å²) in [5.41, 5.74) is 2.22. The van der Waals surface area contributed by atoms with Gasteiger partial charge in [0.15, 0.2) is 5.96 Å². The van der Waals surface area contributed by atoms with Crippen molar-refractivity contribution in [2.75, 3.05) is 44.7 Å². The summed E-state index contributed by atoms with van der Waals surface area (Å²) >= 11 is 1.72. The minimum atomic E-state index is 0. The van der Waals surface area contributed by atoms with Crippen molar-refractivity contribution in [3.8, 4) is 5.75 Å². The Labute approximate surface area is 189 Å². The summed E-state index contributed by atoms with van der Waals surface area (Å²) in [6.07, 6.45) is 0.985. The molecule has 0 saturated carbocycles. The molecular formula is C20H30IN5OS. The molecule has 154 valence electrons. The van der Waals surface area contributed by atoms with Crippen LogP contribution in [0.3, 0.4) is 0 Å². The van der Waals surface area contributed by atoms with E-state index in [1.807, 2.05) is 12.1 Å². The molecule has 1 aromatic carbocycles. The van der Waals surface area contributed by atoms with E-state index in [-0.39, 0.29) is 24.0 Å². The normalized spacial score (nSPS) is 14.6. The molecule has 0 atom stereocenters. The predicted octanol–water partition coefficient (Wildman–Crippen LogP) is 3.62. The number of anilines is 1. The lowest BCUT2D eigenvalue weighted by Crippen LogP contribution is -2.52. The van der Waals surface area contributed by atoms with Gasteiger partial charge in [0.2, 0.25) is 0 Å². The van der Waals surface area contributed by atoms with Crippen molar-refractivity contribution in [2.24, 2.45) is 4.99 Å². The van der Waals surface area contributed by atoms with Crippen LogP contribution in [0, 0.1) is 0 Å². The lowest BCUT2D eigenvalue weighted by Gasteiger charge is -2.38. The van der Waals surface area contributed by atoms with E-state index in [1.165, 1.54) is 5.01 Å². The van der Waals surface area contributed by atoms with Gasteiger partial charge in [0.05, 0.1) is 30.0 Å². The van der Waals surface area contributed by atoms with Crippen molar-refractivity contribution in [3.05, 3.63) is 40.3 Å². The van der Waals surface area contributed by atoms with Crippen LogP contribution in [0.5, 0.6) is 5.75 Å². The third-order valence-corrected chi connectivity index (χ3v) is 5.67. The molecule has 0 amide bonds. The van der Waals surface area contributed by atoms with Crippen LogP contribution in [-0.4, -0.2) is 55.7 Å². The van der Waals surface area contributed by atoms with Gasteiger partial charge in [-0.2, -0.15) is 0 Å². The van der Waals surface area contributed by atoms with E-state index < -0.39 is 0 Å². The number of hydrogen-bond acceptors (Lipinski definition) is 5. The Morgan fingerprint density at radius 1 is 1.21 bits per heavy atom. The van der Waals surface area contributed by atoms with Crippen LogP contribution in [0.1, 0.15) is 24.5 Å². The van der Waals surface area contributed by atoms with Crippen molar-refractivity contribution >= 4 is 47.0 Å². The Balaban J connectivity index is 0.00000280. The number of benzene rings is 1. The third-order valence-electron chi connectivity index (χ3n) is 4.63. The van der Waals surface area contributed by atoms with Crippen molar-refractivity contribution in [3.63, 3.8) is 0 Å². The van der Waals surface area contributed by atoms with Gasteiger partial charge in [0.25, 0.3) is 0 Å². The Kier molecular flexibility index (Phi) is 9.30. The number of aliphatic imine (C=N–C) groups is 1. The number of nitrogens with one attached hydrogen (secondary N) is 1. The summed E-state index contributed by atoms with van der Waals surface area (Å²) in [5.74, 6) is 1.91. The molecule has 1 aliphatic heterocycles. The lowest BCUT2D eigenvalue weighted by atomic mass is 10.2. The second kappa shape index (κ2) is 11.5. The number of aryl methyl sites for hydroxylation is 1. The van der Waals surface area contributed by atoms with E-state index in [4.69, 9.17) is 9.73 Å². The number of ether oxygens (including phenoxy) is 1. The summed E-state index contributed by atoms with van der Waals surface area (Å²) in [6, 6.07) is 8.22. The Morgan fingerprint density at radius 2 is 1.96 bits per heavy atom. The topological polar surface area (TPSA) is 53.0 Å². The average molecular weight is 515 g/mol. The van der Waals surface area contributed by atoms with Gasteiger partial charge in [-0.25, -0.2) is 9.98 Å². The smallest absolute Gasteiger partial charge is 0.194 e. The molecule has 1 fully saturated rings. The summed E-state index contributed by atoms with van der Waals surface area (Å²) in [4.78, 5) is 14.2. The first-order valence-corrected chi connectivity index (χ1v) is 10.5. The number of para-hydroxylation sites is 2. The van der Waals surface area contributed by atoms with E-state index in [1.54, 1.807) is 18.4 Å². The summed E-state index contributed by atoms with van der Waals surface area (Å²) in [7, 11) is 1.73. The molecular weight excluding hydrogens is 485 g/mol. The summed E-state index contributed by atoms with van der Waals surface area (Å²) < 4.78 is 5.51. The van der Waals surface area contributed by atoms with Gasteiger partial charge in [-0.3, -0.25) is 0 Å². The highest BCUT2D eigenvalue weighted by atomic mass is 127. The second-order valence-corrected chi connectivity index (χ2v) is 7.34. The van der Waals surface area contributed by atoms with Gasteiger partial charge in [-0.05, 0) is 25.5 Å². The van der Waals surface area contributed by atoms with Crippen molar-refractivity contribution < 1.29 is 4.74 Å². The zero-order valence-electron chi connectivity index (χ0n) is 16.9. The standard InChI is InChI=1S/C20H29N5OS.HI/c1-4-19-23-16(15-27-19)14-22-20(21-5-2)25-12-10-24(11-13-25)17-8-6-7-9-18(17)26-3;/h6-9,15H,4-5,10-14H2,1-3H3,(H,21,22);1H. The van der Waals surface area contributed by atoms with Crippen molar-refractivity contribution in [2.45, 2.75) is 26.8 Å². The van der Waals surface area contributed by atoms with E-state index >= 15 is 0 Å². The maximum Gasteiger partial charge on any atom is 0.194 e. The minimum absolute atomic E-state index is 0. The monoisotopic (exact) mass is 515 g/mol. The molecule has 0 spiro atoms. The van der Waals surface area contributed by atoms with E-state index in [9.17, 15) is 0 Å². The number of piperazine rings is 1. The maximum absolute atomic E-state index is 5.51. The molecule has 0 unspecified atom stereocenters. The van der Waals surface area contributed by atoms with E-state index in [2.05, 4.69) is 51.5 Å². The SMILES string of the molecule is CCNC(=NCc1csc(CC)n1)N1CCN(c2ccccc2OC)CC1.I. The Hall–Kier alpha value is -1.55. The molecule has 1 N–H and O–H groups in total. The number of thiazole rings is 1. The molecule has 8 heteroatoms. The van der Waals surface area contributed by atoms with Gasteiger partial charge in [0.1, 0.15) is 5.75 Å². The zero-order valence-corrected chi connectivity index (χ0v) is 20.0. The molecule has 0 bridgehead atoms. The Morgan fingerprint density at radius 3 is 2.61 bits per heavy atom. The highest BCUT2D eigenvalue weighted by Gasteiger charge is 2.21. The fraction of sp³-hybridized carbons (Fsp3) is 0.500. The van der Waals surface area contributed by atoms with Crippen LogP contribution in [0.15, 0.2) is 34.6 Å². The largest absolute Gasteiger partial charge is 0.495 e. The molecule has 28 heavy (non-hydrogen) atoms. The lowest BCUT2D eigenvalue weighted by molar-refractivity contribution is 0.367. The average Bonchev–Trinajstić information content (AvgIpc) is 3.19. The third kappa shape index (κ3) is 5.73. The van der Waals surface area contributed by atoms with Gasteiger partial charge in [-0.1, -0.05) is 19.1 Å². The molecule has 1 saturated heterocycles. The number of halogens is 1. The number of rotatable bonds is 6. The number of hydrogen-bond donors (Lipinski definition) is 1. The van der Waals surface area contributed by atoms with Crippen LogP contribution in [0.25, 0.3) is 0 Å². The van der Waals surface area contributed by atoms with Gasteiger partial charge < -0.3 is 19.9 Å². The van der Waals surface area contributed by atoms with Crippen LogP contribution in [0.4, 0.5) is 5.69 Å². The Bertz CT molecular complexity index is 759. The molecule has 1 aromatic heterocycles. The van der Waals surface area contributed by atoms with Gasteiger partial charge in [-0.15, -0.1) is 35.3 Å². The van der Waals surface area contributed by atoms with Crippen LogP contribution in [0.2, 0.25) is 0 Å². The van der Waals surface area contributed by atoms with Crippen LogP contribution >= 0.6 is 35.3 Å². The fourth-order valence-electron chi connectivity index (χ4n) is 3.22. The van der Waals surface area contributed by atoms with Gasteiger partial charge in [0, 0.05) is 38.1 Å². The molecule has 6 nitrogen and oxygen atoms in total. The highest BCUT2D eigenvalue weighted by molar-refractivity contribution is 14.0. The predicted molar refractivity (Wildman–Crippen MR) is 129 cm³/mol. The van der Waals surface area contributed by atoms with Gasteiger partial charge >= 0.3 is 0 Å². The molecule has 1 aliphatic rings. The maximum atomic E-state index is 5.51. The van der Waals surface area contributed by atoms with Crippen LogP contribution < -0.4 is 15.0 Å². The summed E-state index contributed by atoms with van der Waals surface area (Å²) in [5, 5.41) is 6.72. The van der Waals surface area contributed by atoms with Crippen molar-refractivity contribution in [1.82, 2.24) is 15.2 Å². The first-order valence-electron chi connectivity index (χ1n) is 9.59. The van der Waals surface area contributed by atoms with Crippen molar-refractivity contribution in [1.29, 1.82) is 0 Å². The number of nitrogens with zero attached hydrogens (tertiary/aromatic N) is 4. The number of aromatic nitrogens is 1. The highest BCUT2D eigenvalue weighted by Crippen LogP contribution is 2.28. The van der Waals surface area contributed by atoms with E-state index in [0.29, 0.717) is 6.54 Å². The van der Waals surface area contributed by atoms with E-state index in [0.717, 1.165) is 62.2 Å². The quantitative estimate of drug-likeness (QED) is 0.362. The van der Waals surface area contributed by atoms with Crippen LogP contribution in [-0.2, 0) is 13.0 Å². The molecule has 0 radical (unpaired) electrons. The molecule has 2 heterocycles.